The second kappa shape index (κ2) is 5.20. The molecule has 1 fully saturated rings. The second-order valence-electron chi connectivity index (χ2n) is 5.09. The maximum atomic E-state index is 6.05. The third-order valence-electron chi connectivity index (χ3n) is 3.46. The number of nitrogens with zero attached hydrogens (tertiary/aromatic N) is 4. The number of halogens is 2. The van der Waals surface area contributed by atoms with Gasteiger partial charge in [0.05, 0.1) is 5.69 Å². The lowest BCUT2D eigenvalue weighted by molar-refractivity contribution is 0.746. The van der Waals surface area contributed by atoms with E-state index >= 15 is 0 Å². The van der Waals surface area contributed by atoms with Crippen LogP contribution < -0.4 is 0 Å². The van der Waals surface area contributed by atoms with Crippen LogP contribution in [0.15, 0.2) is 23.4 Å². The lowest BCUT2D eigenvalue weighted by Gasteiger charge is -2.10. The van der Waals surface area contributed by atoms with Crippen molar-refractivity contribution < 1.29 is 0 Å². The Kier molecular flexibility index (Phi) is 3.69. The molecule has 0 amide bonds. The molecule has 7 heteroatoms. The van der Waals surface area contributed by atoms with Crippen LogP contribution in [0.5, 0.6) is 0 Å². The van der Waals surface area contributed by atoms with Crippen LogP contribution in [0.3, 0.4) is 0 Å². The second-order valence-corrected chi connectivity index (χ2v) is 7.62. The first-order chi connectivity index (χ1) is 9.49. The standard InChI is InChI=1S/C13H14Cl2N4S/c1-8-4-3-5-9(2)11(8)19-12(16-17-18-19)20-7-10-6-13(10,14)15/h3-5,10H,6-7H2,1-2H3/t10-/m0/s1. The minimum Gasteiger partial charge on any atom is -0.187 e. The zero-order valence-electron chi connectivity index (χ0n) is 11.2. The van der Waals surface area contributed by atoms with Crippen molar-refractivity contribution in [3.8, 4) is 5.69 Å². The van der Waals surface area contributed by atoms with Gasteiger partial charge in [0.25, 0.3) is 0 Å². The predicted molar refractivity (Wildman–Crippen MR) is 81.9 cm³/mol. The molecule has 0 N–H and O–H groups in total. The summed E-state index contributed by atoms with van der Waals surface area (Å²) in [6.07, 6.45) is 0.841. The summed E-state index contributed by atoms with van der Waals surface area (Å²) in [5.74, 6) is 1.15. The van der Waals surface area contributed by atoms with Crippen LogP contribution in [0.1, 0.15) is 17.5 Å². The molecule has 1 aromatic heterocycles. The van der Waals surface area contributed by atoms with Gasteiger partial charge >= 0.3 is 0 Å². The van der Waals surface area contributed by atoms with Gasteiger partial charge in [-0.1, -0.05) is 30.0 Å². The molecule has 0 bridgehead atoms. The Morgan fingerprint density at radius 3 is 2.60 bits per heavy atom. The van der Waals surface area contributed by atoms with Crippen molar-refractivity contribution in [2.24, 2.45) is 5.92 Å². The highest BCUT2D eigenvalue weighted by molar-refractivity contribution is 7.99. The van der Waals surface area contributed by atoms with Crippen molar-refractivity contribution >= 4 is 35.0 Å². The van der Waals surface area contributed by atoms with Crippen LogP contribution in [-0.4, -0.2) is 30.3 Å². The van der Waals surface area contributed by atoms with Gasteiger partial charge in [0.2, 0.25) is 5.16 Å². The summed E-state index contributed by atoms with van der Waals surface area (Å²) in [6, 6.07) is 6.15. The summed E-state index contributed by atoms with van der Waals surface area (Å²) in [5, 5.41) is 12.8. The Morgan fingerprint density at radius 1 is 1.35 bits per heavy atom. The molecule has 1 aromatic carbocycles. The van der Waals surface area contributed by atoms with Crippen molar-refractivity contribution in [1.82, 2.24) is 20.2 Å². The lowest BCUT2D eigenvalue weighted by Crippen LogP contribution is -2.04. The highest BCUT2D eigenvalue weighted by atomic mass is 35.5. The minimum absolute atomic E-state index is 0.318. The van der Waals surface area contributed by atoms with E-state index in [1.54, 1.807) is 16.4 Å². The molecule has 2 aromatic rings. The summed E-state index contributed by atoms with van der Waals surface area (Å²) in [7, 11) is 0. The van der Waals surface area contributed by atoms with E-state index in [0.29, 0.717) is 5.92 Å². The number of alkyl halides is 2. The fraction of sp³-hybridized carbons (Fsp3) is 0.462. The molecule has 1 saturated carbocycles. The molecule has 1 aliphatic carbocycles. The normalized spacial score (nSPS) is 20.1. The number of rotatable bonds is 4. The Labute approximate surface area is 131 Å². The highest BCUT2D eigenvalue weighted by Gasteiger charge is 2.51. The quantitative estimate of drug-likeness (QED) is 0.635. The van der Waals surface area contributed by atoms with E-state index in [1.807, 2.05) is 6.07 Å². The monoisotopic (exact) mass is 328 g/mol. The number of hydrogen-bond acceptors (Lipinski definition) is 4. The number of tetrazole rings is 1. The molecule has 0 aliphatic heterocycles. The van der Waals surface area contributed by atoms with Crippen LogP contribution in [0, 0.1) is 19.8 Å². The third kappa shape index (κ3) is 2.67. The van der Waals surface area contributed by atoms with Crippen molar-refractivity contribution in [2.75, 3.05) is 5.75 Å². The minimum atomic E-state index is -0.552. The van der Waals surface area contributed by atoms with E-state index in [9.17, 15) is 0 Å². The zero-order chi connectivity index (χ0) is 14.3. The predicted octanol–water partition coefficient (Wildman–Crippen LogP) is 3.57. The van der Waals surface area contributed by atoms with Crippen molar-refractivity contribution in [2.45, 2.75) is 29.8 Å². The number of aryl methyl sites for hydroxylation is 2. The van der Waals surface area contributed by atoms with Gasteiger partial charge < -0.3 is 0 Å². The van der Waals surface area contributed by atoms with Crippen LogP contribution in [0.25, 0.3) is 5.69 Å². The summed E-state index contributed by atoms with van der Waals surface area (Å²) >= 11 is 13.7. The van der Waals surface area contributed by atoms with Gasteiger partial charge in [-0.2, -0.15) is 4.68 Å². The van der Waals surface area contributed by atoms with E-state index < -0.39 is 4.33 Å². The molecule has 0 saturated heterocycles. The number of hydrogen-bond donors (Lipinski definition) is 0. The van der Waals surface area contributed by atoms with Crippen LogP contribution in [-0.2, 0) is 0 Å². The largest absolute Gasteiger partial charge is 0.214 e. The van der Waals surface area contributed by atoms with Crippen molar-refractivity contribution in [3.05, 3.63) is 29.3 Å². The smallest absolute Gasteiger partial charge is 0.187 e. The Hall–Kier alpha value is -0.780. The van der Waals surface area contributed by atoms with E-state index in [0.717, 1.165) is 34.1 Å². The van der Waals surface area contributed by atoms with Crippen LogP contribution in [0.4, 0.5) is 0 Å². The molecular formula is C13H14Cl2N4S. The SMILES string of the molecule is Cc1cccc(C)c1-n1nnnc1SC[C@@H]1CC1(Cl)Cl. The molecule has 1 atom stereocenters. The fourth-order valence-corrected chi connectivity index (χ4v) is 3.98. The maximum absolute atomic E-state index is 6.05. The molecule has 0 radical (unpaired) electrons. The molecule has 1 heterocycles. The summed E-state index contributed by atoms with van der Waals surface area (Å²) in [5.41, 5.74) is 3.34. The van der Waals surface area contributed by atoms with Gasteiger partial charge in [-0.15, -0.1) is 28.3 Å². The van der Waals surface area contributed by atoms with Crippen LogP contribution >= 0.6 is 35.0 Å². The Balaban J connectivity index is 1.83. The van der Waals surface area contributed by atoms with E-state index in [-0.39, 0.29) is 0 Å². The lowest BCUT2D eigenvalue weighted by atomic mass is 10.1. The number of thioether (sulfide) groups is 1. The van der Waals surface area contributed by atoms with Gasteiger partial charge in [-0.25, -0.2) is 0 Å². The summed E-state index contributed by atoms with van der Waals surface area (Å²) in [4.78, 5) is 0. The van der Waals surface area contributed by atoms with Crippen molar-refractivity contribution in [1.29, 1.82) is 0 Å². The van der Waals surface area contributed by atoms with E-state index in [2.05, 4.69) is 41.5 Å². The first-order valence-electron chi connectivity index (χ1n) is 6.34. The topological polar surface area (TPSA) is 43.6 Å². The summed E-state index contributed by atoms with van der Waals surface area (Å²) < 4.78 is 1.24. The Morgan fingerprint density at radius 2 is 2.00 bits per heavy atom. The van der Waals surface area contributed by atoms with E-state index in [1.165, 1.54) is 0 Å². The van der Waals surface area contributed by atoms with Gasteiger partial charge in [0.15, 0.2) is 0 Å². The maximum Gasteiger partial charge on any atom is 0.214 e. The Bertz CT molecular complexity index is 621. The van der Waals surface area contributed by atoms with Gasteiger partial charge in [-0.05, 0) is 41.8 Å². The number of para-hydroxylation sites is 1. The molecule has 0 spiro atoms. The average Bonchev–Trinajstić information content (AvgIpc) is 2.80. The van der Waals surface area contributed by atoms with Crippen molar-refractivity contribution in [3.63, 3.8) is 0 Å². The van der Waals surface area contributed by atoms with E-state index in [4.69, 9.17) is 23.2 Å². The first kappa shape index (κ1) is 14.2. The molecule has 4 nitrogen and oxygen atoms in total. The zero-order valence-corrected chi connectivity index (χ0v) is 13.5. The molecule has 0 unspecified atom stereocenters. The molecular weight excluding hydrogens is 315 g/mol. The average molecular weight is 329 g/mol. The summed E-state index contributed by atoms with van der Waals surface area (Å²) in [6.45, 7) is 4.11. The van der Waals surface area contributed by atoms with Gasteiger partial charge in [-0.3, -0.25) is 0 Å². The molecule has 3 rings (SSSR count). The fourth-order valence-electron chi connectivity index (χ4n) is 2.17. The molecule has 20 heavy (non-hydrogen) atoms. The third-order valence-corrected chi connectivity index (χ3v) is 5.47. The highest BCUT2D eigenvalue weighted by Crippen LogP contribution is 2.54. The molecule has 106 valence electrons. The van der Waals surface area contributed by atoms with Gasteiger partial charge in [0, 0.05) is 11.7 Å². The number of benzene rings is 1. The molecule has 1 aliphatic rings. The number of aromatic nitrogens is 4. The van der Waals surface area contributed by atoms with Crippen LogP contribution in [0.2, 0.25) is 0 Å². The van der Waals surface area contributed by atoms with Gasteiger partial charge in [0.1, 0.15) is 4.33 Å². The first-order valence-corrected chi connectivity index (χ1v) is 8.09.